The molecule has 0 fully saturated rings. The first kappa shape index (κ1) is 17.2. The topological polar surface area (TPSA) is 98.5 Å². The van der Waals surface area contributed by atoms with Gasteiger partial charge in [0.15, 0.2) is 11.9 Å². The second-order valence-corrected chi connectivity index (χ2v) is 5.27. The van der Waals surface area contributed by atoms with Crippen molar-refractivity contribution >= 4 is 23.3 Å². The van der Waals surface area contributed by atoms with Crippen molar-refractivity contribution < 1.29 is 19.1 Å². The summed E-state index contributed by atoms with van der Waals surface area (Å²) in [6.45, 7) is 3.07. The maximum Gasteiger partial charge on any atom is 0.265 e. The van der Waals surface area contributed by atoms with E-state index in [9.17, 15) is 14.4 Å². The molecule has 0 spiro atoms. The van der Waals surface area contributed by atoms with E-state index in [1.165, 1.54) is 19.1 Å². The summed E-state index contributed by atoms with van der Waals surface area (Å²) < 4.78 is 5.56. The van der Waals surface area contributed by atoms with Crippen molar-refractivity contribution in [3.63, 3.8) is 0 Å². The lowest BCUT2D eigenvalue weighted by molar-refractivity contribution is -0.122. The monoisotopic (exact) mass is 326 g/mol. The molecule has 0 aliphatic heterocycles. The number of carbonyl (C=O) groups is 3. The Morgan fingerprint density at radius 1 is 1.04 bits per heavy atom. The molecule has 124 valence electrons. The first-order valence-electron chi connectivity index (χ1n) is 7.35. The maximum absolute atomic E-state index is 12.2. The Bertz CT molecular complexity index is 769. The number of anilines is 1. The van der Waals surface area contributed by atoms with E-state index in [4.69, 9.17) is 10.5 Å². The van der Waals surface area contributed by atoms with Gasteiger partial charge in [-0.3, -0.25) is 14.4 Å². The molecule has 0 aromatic heterocycles. The van der Waals surface area contributed by atoms with Crippen LogP contribution in [0.15, 0.2) is 48.5 Å². The molecule has 2 rings (SSSR count). The number of carbonyl (C=O) groups excluding carboxylic acids is 3. The zero-order chi connectivity index (χ0) is 17.7. The van der Waals surface area contributed by atoms with E-state index in [-0.39, 0.29) is 11.7 Å². The number of rotatable bonds is 6. The quantitative estimate of drug-likeness (QED) is 0.796. The van der Waals surface area contributed by atoms with E-state index in [1.54, 1.807) is 43.3 Å². The van der Waals surface area contributed by atoms with Gasteiger partial charge in [-0.2, -0.15) is 0 Å². The summed E-state index contributed by atoms with van der Waals surface area (Å²) in [6.07, 6.45) is -0.761. The van der Waals surface area contributed by atoms with Gasteiger partial charge in [-0.15, -0.1) is 0 Å². The first-order valence-corrected chi connectivity index (χ1v) is 7.35. The van der Waals surface area contributed by atoms with Crippen LogP contribution >= 0.6 is 0 Å². The van der Waals surface area contributed by atoms with E-state index >= 15 is 0 Å². The van der Waals surface area contributed by atoms with Crippen LogP contribution in [0.1, 0.15) is 34.6 Å². The number of hydrogen-bond acceptors (Lipinski definition) is 4. The number of ether oxygens (including phenoxy) is 1. The minimum Gasteiger partial charge on any atom is -0.481 e. The van der Waals surface area contributed by atoms with Crippen LogP contribution in [-0.4, -0.2) is 23.7 Å². The van der Waals surface area contributed by atoms with Crippen molar-refractivity contribution in [1.82, 2.24) is 0 Å². The highest BCUT2D eigenvalue weighted by Crippen LogP contribution is 2.16. The zero-order valence-corrected chi connectivity index (χ0v) is 13.4. The van der Waals surface area contributed by atoms with E-state index in [0.29, 0.717) is 22.6 Å². The molecule has 2 aromatic carbocycles. The fourth-order valence-electron chi connectivity index (χ4n) is 2.01. The van der Waals surface area contributed by atoms with E-state index in [0.717, 1.165) is 0 Å². The average molecular weight is 326 g/mol. The fraction of sp³-hybridized carbons (Fsp3) is 0.167. The standard InChI is InChI=1S/C18H18N2O4/c1-11(21)14-4-3-5-16(10-14)24-12(2)18(23)20-15-8-6-13(7-9-15)17(19)22/h3-10,12H,1-2H3,(H2,19,22)(H,20,23)/t12-/m1/s1. The Kier molecular flexibility index (Phi) is 5.31. The highest BCUT2D eigenvalue weighted by atomic mass is 16.5. The Morgan fingerprint density at radius 2 is 1.71 bits per heavy atom. The first-order chi connectivity index (χ1) is 11.4. The molecule has 0 heterocycles. The maximum atomic E-state index is 12.2. The van der Waals surface area contributed by atoms with Gasteiger partial charge in [-0.25, -0.2) is 0 Å². The van der Waals surface area contributed by atoms with Gasteiger partial charge in [0.05, 0.1) is 0 Å². The van der Waals surface area contributed by atoms with Crippen molar-refractivity contribution in [2.24, 2.45) is 5.73 Å². The van der Waals surface area contributed by atoms with Crippen LogP contribution in [0, 0.1) is 0 Å². The lowest BCUT2D eigenvalue weighted by Gasteiger charge is -2.15. The molecule has 1 atom stereocenters. The highest BCUT2D eigenvalue weighted by Gasteiger charge is 2.15. The van der Waals surface area contributed by atoms with Crippen LogP contribution in [-0.2, 0) is 4.79 Å². The zero-order valence-electron chi connectivity index (χ0n) is 13.4. The molecular weight excluding hydrogens is 308 g/mol. The number of primary amides is 1. The lowest BCUT2D eigenvalue weighted by atomic mass is 10.1. The molecule has 6 nitrogen and oxygen atoms in total. The minimum absolute atomic E-state index is 0.0768. The van der Waals surface area contributed by atoms with Crippen LogP contribution in [0.5, 0.6) is 5.75 Å². The molecule has 0 aliphatic rings. The predicted molar refractivity (Wildman–Crippen MR) is 90.1 cm³/mol. The number of ketones is 1. The van der Waals surface area contributed by atoms with Crippen LogP contribution in [0.4, 0.5) is 5.69 Å². The Hall–Kier alpha value is -3.15. The predicted octanol–water partition coefficient (Wildman–Crippen LogP) is 2.39. The van der Waals surface area contributed by atoms with Gasteiger partial charge in [0.25, 0.3) is 5.91 Å². The second-order valence-electron chi connectivity index (χ2n) is 5.27. The highest BCUT2D eigenvalue weighted by molar-refractivity contribution is 5.96. The van der Waals surface area contributed by atoms with Gasteiger partial charge in [-0.05, 0) is 50.2 Å². The average Bonchev–Trinajstić information content (AvgIpc) is 2.55. The number of Topliss-reactive ketones (excluding diaryl/α,β-unsaturated/α-hetero) is 1. The number of nitrogens with one attached hydrogen (secondary N) is 1. The summed E-state index contributed by atoms with van der Waals surface area (Å²) in [4.78, 5) is 34.5. The SMILES string of the molecule is CC(=O)c1cccc(O[C@H](C)C(=O)Nc2ccc(C(N)=O)cc2)c1. The third kappa shape index (κ3) is 4.42. The van der Waals surface area contributed by atoms with Gasteiger partial charge >= 0.3 is 0 Å². The van der Waals surface area contributed by atoms with E-state index in [1.807, 2.05) is 0 Å². The van der Waals surface area contributed by atoms with Gasteiger partial charge in [0.1, 0.15) is 5.75 Å². The van der Waals surface area contributed by atoms with Gasteiger partial charge in [-0.1, -0.05) is 12.1 Å². The third-order valence-electron chi connectivity index (χ3n) is 3.36. The molecule has 0 aliphatic carbocycles. The normalized spacial score (nSPS) is 11.4. The van der Waals surface area contributed by atoms with Crippen LogP contribution < -0.4 is 15.8 Å². The Labute approximate surface area is 139 Å². The van der Waals surface area contributed by atoms with Crippen molar-refractivity contribution in [2.75, 3.05) is 5.32 Å². The smallest absolute Gasteiger partial charge is 0.265 e. The second kappa shape index (κ2) is 7.41. The molecule has 24 heavy (non-hydrogen) atoms. The molecule has 0 saturated heterocycles. The summed E-state index contributed by atoms with van der Waals surface area (Å²) in [5.41, 5.74) is 6.56. The number of benzene rings is 2. The molecule has 0 bridgehead atoms. The fourth-order valence-corrected chi connectivity index (χ4v) is 2.01. The molecule has 6 heteroatoms. The summed E-state index contributed by atoms with van der Waals surface area (Å²) >= 11 is 0. The Balaban J connectivity index is 2.00. The van der Waals surface area contributed by atoms with E-state index < -0.39 is 12.0 Å². The van der Waals surface area contributed by atoms with E-state index in [2.05, 4.69) is 5.32 Å². The van der Waals surface area contributed by atoms with Crippen LogP contribution in [0.3, 0.4) is 0 Å². The lowest BCUT2D eigenvalue weighted by Crippen LogP contribution is -2.30. The van der Waals surface area contributed by atoms with Crippen LogP contribution in [0.2, 0.25) is 0 Å². The summed E-state index contributed by atoms with van der Waals surface area (Å²) in [5.74, 6) is -0.522. The summed E-state index contributed by atoms with van der Waals surface area (Å²) in [6, 6.07) is 12.9. The summed E-state index contributed by atoms with van der Waals surface area (Å²) in [7, 11) is 0. The number of nitrogens with two attached hydrogens (primary N) is 1. The van der Waals surface area contributed by atoms with Crippen molar-refractivity contribution in [2.45, 2.75) is 20.0 Å². The van der Waals surface area contributed by atoms with Crippen molar-refractivity contribution in [3.05, 3.63) is 59.7 Å². The third-order valence-corrected chi connectivity index (χ3v) is 3.36. The Morgan fingerprint density at radius 3 is 2.29 bits per heavy atom. The molecule has 0 unspecified atom stereocenters. The molecule has 3 N–H and O–H groups in total. The minimum atomic E-state index is -0.761. The van der Waals surface area contributed by atoms with Gasteiger partial charge in [0, 0.05) is 16.8 Å². The van der Waals surface area contributed by atoms with Crippen molar-refractivity contribution in [3.8, 4) is 5.75 Å². The molecule has 2 aromatic rings. The molecular formula is C18H18N2O4. The number of hydrogen-bond donors (Lipinski definition) is 2. The van der Waals surface area contributed by atoms with Gasteiger partial charge in [0.2, 0.25) is 5.91 Å². The molecule has 0 radical (unpaired) electrons. The van der Waals surface area contributed by atoms with Gasteiger partial charge < -0.3 is 15.8 Å². The summed E-state index contributed by atoms with van der Waals surface area (Å²) in [5, 5.41) is 2.68. The molecule has 0 saturated carbocycles. The van der Waals surface area contributed by atoms with Crippen LogP contribution in [0.25, 0.3) is 0 Å². The number of amides is 2. The van der Waals surface area contributed by atoms with Crippen molar-refractivity contribution in [1.29, 1.82) is 0 Å². The molecule has 2 amide bonds. The largest absolute Gasteiger partial charge is 0.481 e.